The molecule has 0 bridgehead atoms. The predicted molar refractivity (Wildman–Crippen MR) is 22.0 cm³/mol. The first-order valence-corrected chi connectivity index (χ1v) is 1.80. The maximum Gasteiger partial charge on any atom is 0.355 e. The Labute approximate surface area is 39.4 Å². The van der Waals surface area contributed by atoms with Crippen molar-refractivity contribution in [2.75, 3.05) is 0 Å². The van der Waals surface area contributed by atoms with Gasteiger partial charge in [0.2, 0.25) is 0 Å². The second kappa shape index (κ2) is 1.51. The average Bonchev–Trinajstić information content (AvgIpc) is 1.69. The van der Waals surface area contributed by atoms with Gasteiger partial charge in [0.1, 0.15) is 0 Å². The lowest BCUT2D eigenvalue weighted by atomic mass is 10.9. The van der Waals surface area contributed by atoms with Gasteiger partial charge in [-0.2, -0.15) is 5.10 Å². The highest BCUT2D eigenvalue weighted by Crippen LogP contribution is 1.53. The Morgan fingerprint density at radius 3 is 2.86 bits per heavy atom. The Bertz CT molecular complexity index is 176. The van der Waals surface area contributed by atoms with E-state index in [9.17, 15) is 4.91 Å². The number of aromatic amines is 1. The molecule has 0 aliphatic rings. The molecule has 1 heterocycles. The molecule has 1 aromatic rings. The molecular formula is C3H4N3O+. The number of nitrogens with zero attached hydrogens (tertiary/aromatic N) is 2. The highest BCUT2D eigenvalue weighted by Gasteiger charge is 1.79. The van der Waals surface area contributed by atoms with Crippen molar-refractivity contribution in [3.63, 3.8) is 0 Å². The molecule has 0 fully saturated rings. The van der Waals surface area contributed by atoms with Gasteiger partial charge in [0.05, 0.1) is 6.20 Å². The van der Waals surface area contributed by atoms with E-state index in [-0.39, 0.29) is 0 Å². The minimum atomic E-state index is 0.608. The third-order valence-corrected chi connectivity index (χ3v) is 0.542. The van der Waals surface area contributed by atoms with Crippen LogP contribution in [0.1, 0.15) is 0 Å². The largest absolute Gasteiger partial charge is 0.355 e. The van der Waals surface area contributed by atoms with Crippen molar-refractivity contribution in [1.82, 2.24) is 10.2 Å². The number of nitrogens with one attached hydrogen (secondary N) is 1. The van der Waals surface area contributed by atoms with Crippen molar-refractivity contribution in [3.8, 4) is 0 Å². The van der Waals surface area contributed by atoms with Crippen LogP contribution in [0.15, 0.2) is 18.7 Å². The topological polar surface area (TPSA) is 51.7 Å². The lowest BCUT2D eigenvalue weighted by Crippen LogP contribution is -2.12. The van der Waals surface area contributed by atoms with Crippen molar-refractivity contribution >= 4 is 0 Å². The number of hydrogen-bond donors (Lipinski definition) is 1. The molecule has 0 amide bonds. The molecule has 0 unspecified atom stereocenters. The summed E-state index contributed by atoms with van der Waals surface area (Å²) in [6.45, 7) is 0. The zero-order chi connectivity index (χ0) is 5.11. The lowest BCUT2D eigenvalue weighted by Gasteiger charge is -1.63. The third-order valence-electron chi connectivity index (χ3n) is 0.542. The molecule has 0 saturated carbocycles. The van der Waals surface area contributed by atoms with Gasteiger partial charge in [-0.25, -0.2) is 0 Å². The van der Waals surface area contributed by atoms with E-state index in [1.165, 1.54) is 12.4 Å². The molecule has 0 atom stereocenters. The van der Waals surface area contributed by atoms with Crippen LogP contribution in [0.3, 0.4) is 0 Å². The molecule has 0 spiro atoms. The molecule has 0 aliphatic heterocycles. The van der Waals surface area contributed by atoms with E-state index in [0.29, 0.717) is 4.43 Å². The number of H-pyrrole nitrogens is 1. The van der Waals surface area contributed by atoms with Gasteiger partial charge in [0.15, 0.2) is 6.20 Å². The minimum Gasteiger partial charge on any atom is -0.190 e. The van der Waals surface area contributed by atoms with Crippen LogP contribution in [-0.4, -0.2) is 10.2 Å². The first-order valence-electron chi connectivity index (χ1n) is 1.80. The first-order chi connectivity index (χ1) is 3.39. The number of aromatic nitrogens is 3. The van der Waals surface area contributed by atoms with Gasteiger partial charge in [-0.05, 0) is 0 Å². The molecule has 0 radical (unpaired) electrons. The van der Waals surface area contributed by atoms with Crippen molar-refractivity contribution in [2.45, 2.75) is 0 Å². The Hall–Kier alpha value is -1.19. The molecule has 0 aliphatic carbocycles. The van der Waals surface area contributed by atoms with Gasteiger partial charge in [-0.1, -0.05) is 4.91 Å². The van der Waals surface area contributed by atoms with Crippen LogP contribution in [0.2, 0.25) is 0 Å². The molecule has 1 N–H and O–H groups in total. The fourth-order valence-corrected chi connectivity index (χ4v) is 0.279. The van der Waals surface area contributed by atoms with E-state index >= 15 is 0 Å². The van der Waals surface area contributed by atoms with Crippen molar-refractivity contribution < 1.29 is 4.43 Å². The molecular weight excluding hydrogens is 94.1 g/mol. The molecule has 0 aromatic carbocycles. The van der Waals surface area contributed by atoms with Gasteiger partial charge < -0.3 is 0 Å². The molecule has 7 heavy (non-hydrogen) atoms. The van der Waals surface area contributed by atoms with E-state index < -0.39 is 0 Å². The van der Waals surface area contributed by atoms with Crippen LogP contribution in [0.4, 0.5) is 0 Å². The third kappa shape index (κ3) is 0.819. The predicted octanol–water partition coefficient (Wildman–Crippen LogP) is -0.676. The van der Waals surface area contributed by atoms with Crippen LogP contribution in [0, 0.1) is 4.91 Å². The minimum absolute atomic E-state index is 0.608. The van der Waals surface area contributed by atoms with E-state index in [1.54, 1.807) is 0 Å². The fraction of sp³-hybridized carbons (Fsp3) is 0. The zero-order valence-corrected chi connectivity index (χ0v) is 3.53. The summed E-state index contributed by atoms with van der Waals surface area (Å²) in [6, 6.07) is 0. The summed E-state index contributed by atoms with van der Waals surface area (Å²) in [4.78, 5) is 10.1. The normalized spacial score (nSPS) is 8.57. The summed E-state index contributed by atoms with van der Waals surface area (Å²) in [5.41, 5.74) is 0. The second-order valence-electron chi connectivity index (χ2n) is 1.05. The van der Waals surface area contributed by atoms with Gasteiger partial charge in [-0.3, -0.25) is 0 Å². The van der Waals surface area contributed by atoms with Gasteiger partial charge >= 0.3 is 6.33 Å². The maximum atomic E-state index is 10.1. The average molecular weight is 98.1 g/mol. The Morgan fingerprint density at radius 2 is 2.57 bits per heavy atom. The fourth-order valence-electron chi connectivity index (χ4n) is 0.279. The quantitative estimate of drug-likeness (QED) is 0.437. The molecule has 4 nitrogen and oxygen atoms in total. The van der Waals surface area contributed by atoms with E-state index in [0.717, 1.165) is 6.33 Å². The molecule has 1 aromatic heterocycles. The molecule has 0 saturated heterocycles. The highest BCUT2D eigenvalue weighted by atomic mass is 16.3. The van der Waals surface area contributed by atoms with Crippen molar-refractivity contribution in [1.29, 1.82) is 0 Å². The monoisotopic (exact) mass is 98.0 g/mol. The summed E-state index contributed by atoms with van der Waals surface area (Å²) >= 11 is 0. The van der Waals surface area contributed by atoms with Crippen LogP contribution >= 0.6 is 0 Å². The number of hydrogen-bond acceptors (Lipinski definition) is 2. The second-order valence-corrected chi connectivity index (χ2v) is 1.05. The summed E-state index contributed by atoms with van der Waals surface area (Å²) in [5.74, 6) is 0. The van der Waals surface area contributed by atoms with Crippen LogP contribution in [-0.2, 0) is 0 Å². The molecule has 36 valence electrons. The maximum absolute atomic E-state index is 10.1. The molecule has 1 rings (SSSR count). The summed E-state index contributed by atoms with van der Waals surface area (Å²) < 4.78 is 0.608. The first kappa shape index (κ1) is 3.98. The Kier molecular flexibility index (Phi) is 0.856. The zero-order valence-electron chi connectivity index (χ0n) is 3.53. The Balaban J connectivity index is 3.28. The number of rotatable bonds is 0. The summed E-state index contributed by atoms with van der Waals surface area (Å²) in [5, 5.41) is 5.87. The Morgan fingerprint density at radius 1 is 1.71 bits per heavy atom. The van der Waals surface area contributed by atoms with E-state index in [1.807, 2.05) is 0 Å². The van der Waals surface area contributed by atoms with Gasteiger partial charge in [0.25, 0.3) is 0 Å². The van der Waals surface area contributed by atoms with Gasteiger partial charge in [0, 0.05) is 9.53 Å². The smallest absolute Gasteiger partial charge is 0.190 e. The lowest BCUT2D eigenvalue weighted by molar-refractivity contribution is -0.499. The van der Waals surface area contributed by atoms with E-state index in [2.05, 4.69) is 10.2 Å². The van der Waals surface area contributed by atoms with Crippen molar-refractivity contribution in [3.05, 3.63) is 23.6 Å². The summed E-state index contributed by atoms with van der Waals surface area (Å²) in [7, 11) is 0. The van der Waals surface area contributed by atoms with Gasteiger partial charge in [-0.15, -0.1) is 0 Å². The standard InChI is InChI=1S/C3H4N3O/c7-6-2-1-4-5-3-6/h1-3H,(H,4,7)/q+1. The van der Waals surface area contributed by atoms with E-state index in [4.69, 9.17) is 0 Å². The van der Waals surface area contributed by atoms with Crippen molar-refractivity contribution in [2.24, 2.45) is 0 Å². The van der Waals surface area contributed by atoms with Crippen LogP contribution in [0.5, 0.6) is 0 Å². The van der Waals surface area contributed by atoms with Crippen LogP contribution < -0.4 is 4.43 Å². The van der Waals surface area contributed by atoms with Crippen LogP contribution in [0.25, 0.3) is 0 Å². The highest BCUT2D eigenvalue weighted by molar-refractivity contribution is 4.49. The summed E-state index contributed by atoms with van der Waals surface area (Å²) in [6.07, 6.45) is 3.92. The molecule has 4 heteroatoms. The SMILES string of the molecule is O=[n+]1cc[nH]nc1.